The Hall–Kier alpha value is -1.02. The maximum Gasteiger partial charge on any atom is 0.122 e. The van der Waals surface area contributed by atoms with Gasteiger partial charge in [0.1, 0.15) is 11.9 Å². The van der Waals surface area contributed by atoms with Crippen molar-refractivity contribution in [2.45, 2.75) is 53.7 Å². The first-order valence-electron chi connectivity index (χ1n) is 6.21. The van der Waals surface area contributed by atoms with Crippen LogP contribution in [0.1, 0.15) is 38.8 Å². The lowest BCUT2D eigenvalue weighted by Gasteiger charge is -2.34. The number of benzene rings is 1. The fraction of sp³-hybridized carbons (Fsp3) is 0.600. The number of aryl methyl sites for hydroxylation is 2. The van der Waals surface area contributed by atoms with Crippen LogP contribution in [-0.2, 0) is 0 Å². The van der Waals surface area contributed by atoms with Crippen LogP contribution in [0.25, 0.3) is 0 Å². The maximum atomic E-state index is 6.10. The summed E-state index contributed by atoms with van der Waals surface area (Å²) in [4.78, 5) is 0. The minimum absolute atomic E-state index is 0.00991. The van der Waals surface area contributed by atoms with E-state index in [4.69, 9.17) is 10.5 Å². The molecule has 0 heterocycles. The van der Waals surface area contributed by atoms with Gasteiger partial charge in [0.15, 0.2) is 0 Å². The van der Waals surface area contributed by atoms with Gasteiger partial charge >= 0.3 is 0 Å². The van der Waals surface area contributed by atoms with Gasteiger partial charge in [-0.25, -0.2) is 0 Å². The van der Waals surface area contributed by atoms with E-state index in [0.717, 1.165) is 5.75 Å². The van der Waals surface area contributed by atoms with Crippen molar-refractivity contribution in [1.82, 2.24) is 0 Å². The molecule has 0 aliphatic heterocycles. The highest BCUT2D eigenvalue weighted by Crippen LogP contribution is 2.28. The van der Waals surface area contributed by atoms with Crippen LogP contribution in [0.2, 0.25) is 0 Å². The van der Waals surface area contributed by atoms with Crippen molar-refractivity contribution in [3.63, 3.8) is 0 Å². The highest BCUT2D eigenvalue weighted by Gasteiger charge is 2.30. The van der Waals surface area contributed by atoms with E-state index in [2.05, 4.69) is 46.8 Å². The lowest BCUT2D eigenvalue weighted by molar-refractivity contribution is 0.0678. The fourth-order valence-corrected chi connectivity index (χ4v) is 2.14. The average molecular weight is 235 g/mol. The molecule has 1 aromatic carbocycles. The van der Waals surface area contributed by atoms with E-state index in [9.17, 15) is 0 Å². The van der Waals surface area contributed by atoms with E-state index < -0.39 is 0 Å². The number of nitrogens with two attached hydrogens (primary N) is 1. The fourth-order valence-electron chi connectivity index (χ4n) is 2.14. The predicted molar refractivity (Wildman–Crippen MR) is 73.4 cm³/mol. The summed E-state index contributed by atoms with van der Waals surface area (Å²) in [7, 11) is 0. The van der Waals surface area contributed by atoms with Crippen molar-refractivity contribution in [2.24, 2.45) is 11.1 Å². The van der Waals surface area contributed by atoms with Gasteiger partial charge in [0.25, 0.3) is 0 Å². The molecule has 1 aromatic rings. The molecule has 0 radical (unpaired) electrons. The number of hydrogen-bond acceptors (Lipinski definition) is 2. The number of hydrogen-bond donors (Lipinski definition) is 1. The Kier molecular flexibility index (Phi) is 4.21. The molecule has 0 aliphatic rings. The van der Waals surface area contributed by atoms with Gasteiger partial charge in [-0.2, -0.15) is 0 Å². The van der Waals surface area contributed by atoms with Crippen molar-refractivity contribution in [2.75, 3.05) is 0 Å². The lowest BCUT2D eigenvalue weighted by atomic mass is 9.85. The Morgan fingerprint density at radius 2 is 1.76 bits per heavy atom. The second-order valence-electron chi connectivity index (χ2n) is 6.03. The molecule has 0 saturated heterocycles. The van der Waals surface area contributed by atoms with Crippen LogP contribution < -0.4 is 10.5 Å². The second-order valence-corrected chi connectivity index (χ2v) is 6.03. The molecule has 17 heavy (non-hydrogen) atoms. The van der Waals surface area contributed by atoms with Crippen LogP contribution in [0.4, 0.5) is 0 Å². The molecule has 2 nitrogen and oxygen atoms in total. The molecule has 0 saturated carbocycles. The Morgan fingerprint density at radius 1 is 1.18 bits per heavy atom. The molecular weight excluding hydrogens is 210 g/mol. The normalized spacial score (nSPS) is 15.5. The number of rotatable bonds is 3. The zero-order valence-corrected chi connectivity index (χ0v) is 11.9. The molecule has 2 atom stereocenters. The first-order valence-corrected chi connectivity index (χ1v) is 6.21. The van der Waals surface area contributed by atoms with E-state index in [-0.39, 0.29) is 17.6 Å². The van der Waals surface area contributed by atoms with Crippen molar-refractivity contribution in [3.05, 3.63) is 29.3 Å². The molecule has 0 amide bonds. The largest absolute Gasteiger partial charge is 0.488 e. The third-order valence-electron chi connectivity index (χ3n) is 2.92. The lowest BCUT2D eigenvalue weighted by Crippen LogP contribution is -2.45. The highest BCUT2D eigenvalue weighted by atomic mass is 16.5. The van der Waals surface area contributed by atoms with Gasteiger partial charge in [0.2, 0.25) is 0 Å². The van der Waals surface area contributed by atoms with E-state index in [0.29, 0.717) is 0 Å². The summed E-state index contributed by atoms with van der Waals surface area (Å²) in [5.74, 6) is 0.938. The van der Waals surface area contributed by atoms with Gasteiger partial charge in [-0.3, -0.25) is 0 Å². The maximum absolute atomic E-state index is 6.10. The molecule has 0 spiro atoms. The van der Waals surface area contributed by atoms with E-state index in [1.165, 1.54) is 11.1 Å². The SMILES string of the molecule is Cc1ccc(OC(C(C)N)C(C)(C)C)c(C)c1. The monoisotopic (exact) mass is 235 g/mol. The molecule has 2 N–H and O–H groups in total. The summed E-state index contributed by atoms with van der Waals surface area (Å²) in [5.41, 5.74) is 8.48. The van der Waals surface area contributed by atoms with Crippen LogP contribution in [0.5, 0.6) is 5.75 Å². The molecule has 2 unspecified atom stereocenters. The molecule has 0 aliphatic carbocycles. The summed E-state index contributed by atoms with van der Waals surface area (Å²) in [6.45, 7) is 12.6. The van der Waals surface area contributed by atoms with Gasteiger partial charge < -0.3 is 10.5 Å². The van der Waals surface area contributed by atoms with Gasteiger partial charge in [0.05, 0.1) is 0 Å². The zero-order chi connectivity index (χ0) is 13.2. The summed E-state index contributed by atoms with van der Waals surface area (Å²) < 4.78 is 6.10. The quantitative estimate of drug-likeness (QED) is 0.871. The van der Waals surface area contributed by atoms with Gasteiger partial charge in [0, 0.05) is 11.5 Å². The van der Waals surface area contributed by atoms with Gasteiger partial charge in [-0.1, -0.05) is 38.5 Å². The van der Waals surface area contributed by atoms with Gasteiger partial charge in [-0.15, -0.1) is 0 Å². The summed E-state index contributed by atoms with van der Waals surface area (Å²) >= 11 is 0. The Morgan fingerprint density at radius 3 is 2.18 bits per heavy atom. The van der Waals surface area contributed by atoms with Crippen molar-refractivity contribution in [3.8, 4) is 5.75 Å². The standard InChI is InChI=1S/C15H25NO/c1-10-7-8-13(11(2)9-10)17-14(12(3)16)15(4,5)6/h7-9,12,14H,16H2,1-6H3. The van der Waals surface area contributed by atoms with Crippen molar-refractivity contribution < 1.29 is 4.74 Å². The third-order valence-corrected chi connectivity index (χ3v) is 2.92. The zero-order valence-electron chi connectivity index (χ0n) is 11.9. The molecule has 0 fully saturated rings. The topological polar surface area (TPSA) is 35.2 Å². The predicted octanol–water partition coefficient (Wildman–Crippen LogP) is 3.44. The second kappa shape index (κ2) is 5.09. The van der Waals surface area contributed by atoms with E-state index >= 15 is 0 Å². The van der Waals surface area contributed by atoms with Crippen LogP contribution in [-0.4, -0.2) is 12.1 Å². The summed E-state index contributed by atoms with van der Waals surface area (Å²) in [5, 5.41) is 0. The molecule has 96 valence electrons. The van der Waals surface area contributed by atoms with E-state index in [1.807, 2.05) is 13.0 Å². The average Bonchev–Trinajstić information content (AvgIpc) is 2.13. The van der Waals surface area contributed by atoms with Crippen molar-refractivity contribution >= 4 is 0 Å². The highest BCUT2D eigenvalue weighted by molar-refractivity contribution is 5.36. The molecule has 1 rings (SSSR count). The first-order chi connectivity index (χ1) is 7.71. The Balaban J connectivity index is 2.94. The summed E-state index contributed by atoms with van der Waals surface area (Å²) in [6, 6.07) is 6.25. The minimum atomic E-state index is 0.00991. The smallest absolute Gasteiger partial charge is 0.122 e. The van der Waals surface area contributed by atoms with Crippen LogP contribution in [0.15, 0.2) is 18.2 Å². The Bertz CT molecular complexity index is 377. The molecule has 2 heteroatoms. The van der Waals surface area contributed by atoms with Crippen LogP contribution in [0, 0.1) is 19.3 Å². The van der Waals surface area contributed by atoms with Crippen LogP contribution >= 0.6 is 0 Å². The summed E-state index contributed by atoms with van der Waals surface area (Å²) in [6.07, 6.45) is 0.0175. The number of ether oxygens (including phenoxy) is 1. The molecule has 0 aromatic heterocycles. The minimum Gasteiger partial charge on any atom is -0.488 e. The Labute approximate surface area is 105 Å². The molecular formula is C15H25NO. The molecule has 0 bridgehead atoms. The van der Waals surface area contributed by atoms with E-state index in [1.54, 1.807) is 0 Å². The van der Waals surface area contributed by atoms with Gasteiger partial charge in [-0.05, 0) is 32.4 Å². The van der Waals surface area contributed by atoms with Crippen LogP contribution in [0.3, 0.4) is 0 Å². The third kappa shape index (κ3) is 3.74. The van der Waals surface area contributed by atoms with Crippen molar-refractivity contribution in [1.29, 1.82) is 0 Å². The first kappa shape index (κ1) is 14.0.